The number of carbonyl (C=O) groups excluding carboxylic acids is 1. The maximum Gasteiger partial charge on any atom is 0.241 e. The number of nitrogen functional groups attached to an aromatic ring is 1. The third kappa shape index (κ3) is 3.09. The van der Waals surface area contributed by atoms with Crippen LogP contribution in [0.15, 0.2) is 12.4 Å². The van der Waals surface area contributed by atoms with Crippen molar-refractivity contribution in [2.45, 2.75) is 26.9 Å². The first-order chi connectivity index (χ1) is 9.08. The summed E-state index contributed by atoms with van der Waals surface area (Å²) < 4.78 is 3.26. The van der Waals surface area contributed by atoms with Gasteiger partial charge in [0.05, 0.1) is 29.8 Å². The molecule has 0 bridgehead atoms. The van der Waals surface area contributed by atoms with Gasteiger partial charge in [0.1, 0.15) is 6.54 Å². The van der Waals surface area contributed by atoms with E-state index in [4.69, 9.17) is 5.73 Å². The molecule has 3 N–H and O–H groups in total. The number of nitrogens with two attached hydrogens (primary N) is 1. The van der Waals surface area contributed by atoms with Crippen molar-refractivity contribution in [3.63, 3.8) is 0 Å². The molecule has 0 saturated heterocycles. The van der Waals surface area contributed by atoms with Crippen LogP contribution in [0.25, 0.3) is 0 Å². The number of nitrogens with one attached hydrogen (secondary N) is 1. The number of amides is 1. The molecule has 0 aliphatic heterocycles. The van der Waals surface area contributed by atoms with Gasteiger partial charge in [-0.1, -0.05) is 5.21 Å². The summed E-state index contributed by atoms with van der Waals surface area (Å²) >= 11 is 0. The van der Waals surface area contributed by atoms with Crippen LogP contribution in [0.2, 0.25) is 0 Å². The lowest BCUT2D eigenvalue weighted by Crippen LogP contribution is -2.31. The Balaban J connectivity index is 1.82. The Morgan fingerprint density at radius 3 is 2.84 bits per heavy atom. The molecule has 2 heterocycles. The highest BCUT2D eigenvalue weighted by Gasteiger charge is 2.10. The Labute approximate surface area is 110 Å². The quantitative estimate of drug-likeness (QED) is 0.756. The molecule has 0 aliphatic rings. The maximum absolute atomic E-state index is 11.8. The molecule has 8 heteroatoms. The van der Waals surface area contributed by atoms with Crippen molar-refractivity contribution in [1.29, 1.82) is 0 Å². The maximum atomic E-state index is 11.8. The van der Waals surface area contributed by atoms with Gasteiger partial charge in [-0.05, 0) is 13.8 Å². The van der Waals surface area contributed by atoms with Crippen LogP contribution >= 0.6 is 0 Å². The molecule has 0 unspecified atom stereocenters. The fourth-order valence-corrected chi connectivity index (χ4v) is 1.72. The van der Waals surface area contributed by atoms with Gasteiger partial charge in [0.15, 0.2) is 0 Å². The SMILES string of the molecule is Cc1nn(CC(=O)NCCn2ccnn2)c(C)c1N. The molecule has 0 aromatic carbocycles. The second-order valence-corrected chi connectivity index (χ2v) is 4.26. The molecule has 0 atom stereocenters. The lowest BCUT2D eigenvalue weighted by molar-refractivity contribution is -0.121. The number of hydrogen-bond acceptors (Lipinski definition) is 5. The summed E-state index contributed by atoms with van der Waals surface area (Å²) in [5.74, 6) is -0.106. The molecule has 0 aliphatic carbocycles. The molecule has 0 saturated carbocycles. The van der Waals surface area contributed by atoms with Crippen LogP contribution in [0.4, 0.5) is 5.69 Å². The second-order valence-electron chi connectivity index (χ2n) is 4.26. The first kappa shape index (κ1) is 13.1. The molecule has 0 spiro atoms. The Morgan fingerprint density at radius 2 is 2.26 bits per heavy atom. The molecule has 0 fully saturated rings. The van der Waals surface area contributed by atoms with Gasteiger partial charge >= 0.3 is 0 Å². The lowest BCUT2D eigenvalue weighted by atomic mass is 10.3. The second kappa shape index (κ2) is 5.51. The van der Waals surface area contributed by atoms with Gasteiger partial charge in [-0.25, -0.2) is 0 Å². The van der Waals surface area contributed by atoms with E-state index >= 15 is 0 Å². The largest absolute Gasteiger partial charge is 0.396 e. The van der Waals surface area contributed by atoms with Gasteiger partial charge in [-0.2, -0.15) is 5.10 Å². The number of nitrogens with zero attached hydrogens (tertiary/aromatic N) is 5. The summed E-state index contributed by atoms with van der Waals surface area (Å²) in [7, 11) is 0. The van der Waals surface area contributed by atoms with E-state index in [2.05, 4.69) is 20.7 Å². The minimum atomic E-state index is -0.106. The van der Waals surface area contributed by atoms with Gasteiger partial charge in [-0.15, -0.1) is 5.10 Å². The van der Waals surface area contributed by atoms with E-state index in [1.54, 1.807) is 21.8 Å². The van der Waals surface area contributed by atoms with Gasteiger partial charge in [0.25, 0.3) is 0 Å². The van der Waals surface area contributed by atoms with E-state index in [0.717, 1.165) is 11.4 Å². The van der Waals surface area contributed by atoms with Crippen molar-refractivity contribution in [3.8, 4) is 0 Å². The smallest absolute Gasteiger partial charge is 0.241 e. The number of rotatable bonds is 5. The van der Waals surface area contributed by atoms with Crippen LogP contribution in [-0.2, 0) is 17.9 Å². The number of aryl methyl sites for hydroxylation is 1. The summed E-state index contributed by atoms with van der Waals surface area (Å²) in [6.07, 6.45) is 3.34. The molecule has 2 aromatic heterocycles. The van der Waals surface area contributed by atoms with Crippen molar-refractivity contribution < 1.29 is 4.79 Å². The summed E-state index contributed by atoms with van der Waals surface area (Å²) in [5, 5.41) is 14.5. The Kier molecular flexibility index (Phi) is 3.79. The number of carbonyl (C=O) groups is 1. The molecular weight excluding hydrogens is 246 g/mol. The minimum Gasteiger partial charge on any atom is -0.396 e. The predicted octanol–water partition coefficient (Wildman–Crippen LogP) is -0.510. The van der Waals surface area contributed by atoms with Gasteiger partial charge in [0.2, 0.25) is 5.91 Å². The Hall–Kier alpha value is -2.38. The van der Waals surface area contributed by atoms with E-state index in [-0.39, 0.29) is 12.5 Å². The zero-order valence-electron chi connectivity index (χ0n) is 11.0. The van der Waals surface area contributed by atoms with Crippen LogP contribution in [-0.4, -0.2) is 37.2 Å². The van der Waals surface area contributed by atoms with Crippen molar-refractivity contribution in [1.82, 2.24) is 30.1 Å². The molecule has 2 aromatic rings. The van der Waals surface area contributed by atoms with Crippen LogP contribution in [0, 0.1) is 13.8 Å². The van der Waals surface area contributed by atoms with E-state index < -0.39 is 0 Å². The highest BCUT2D eigenvalue weighted by atomic mass is 16.2. The molecule has 8 nitrogen and oxygen atoms in total. The van der Waals surface area contributed by atoms with Gasteiger partial charge < -0.3 is 11.1 Å². The van der Waals surface area contributed by atoms with Crippen LogP contribution in [0.3, 0.4) is 0 Å². The van der Waals surface area contributed by atoms with Gasteiger partial charge in [0, 0.05) is 12.7 Å². The van der Waals surface area contributed by atoms with E-state index in [1.165, 1.54) is 0 Å². The standard InChI is InChI=1S/C11H17N7O/c1-8-11(12)9(2)18(15-8)7-10(19)13-3-5-17-6-4-14-16-17/h4,6H,3,5,7,12H2,1-2H3,(H,13,19). The monoisotopic (exact) mass is 263 g/mol. The normalized spacial score (nSPS) is 10.6. The highest BCUT2D eigenvalue weighted by molar-refractivity contribution is 5.75. The van der Waals surface area contributed by atoms with Crippen LogP contribution < -0.4 is 11.1 Å². The minimum absolute atomic E-state index is 0.106. The average Bonchev–Trinajstić information content (AvgIpc) is 2.96. The highest BCUT2D eigenvalue weighted by Crippen LogP contribution is 2.14. The summed E-state index contributed by atoms with van der Waals surface area (Å²) in [6, 6.07) is 0. The average molecular weight is 263 g/mol. The van der Waals surface area contributed by atoms with Crippen molar-refractivity contribution in [2.24, 2.45) is 0 Å². The molecule has 19 heavy (non-hydrogen) atoms. The zero-order chi connectivity index (χ0) is 13.8. The molecular formula is C11H17N7O. The third-order valence-corrected chi connectivity index (χ3v) is 2.87. The summed E-state index contributed by atoms with van der Waals surface area (Å²) in [4.78, 5) is 11.8. The van der Waals surface area contributed by atoms with E-state index in [9.17, 15) is 4.79 Å². The predicted molar refractivity (Wildman–Crippen MR) is 69.1 cm³/mol. The van der Waals surface area contributed by atoms with Crippen LogP contribution in [0.5, 0.6) is 0 Å². The number of hydrogen-bond donors (Lipinski definition) is 2. The molecule has 0 radical (unpaired) electrons. The van der Waals surface area contributed by atoms with E-state index in [0.29, 0.717) is 18.8 Å². The topological polar surface area (TPSA) is 104 Å². The van der Waals surface area contributed by atoms with Crippen LogP contribution in [0.1, 0.15) is 11.4 Å². The summed E-state index contributed by atoms with van der Waals surface area (Å²) in [5.41, 5.74) is 8.00. The molecule has 1 amide bonds. The first-order valence-electron chi connectivity index (χ1n) is 5.98. The summed E-state index contributed by atoms with van der Waals surface area (Å²) in [6.45, 7) is 4.92. The fraction of sp³-hybridized carbons (Fsp3) is 0.455. The molecule has 2 rings (SSSR count). The molecule has 102 valence electrons. The lowest BCUT2D eigenvalue weighted by Gasteiger charge is -2.06. The van der Waals surface area contributed by atoms with Gasteiger partial charge in [-0.3, -0.25) is 14.2 Å². The Bertz CT molecular complexity index is 558. The number of anilines is 1. The fourth-order valence-electron chi connectivity index (χ4n) is 1.72. The van der Waals surface area contributed by atoms with E-state index in [1.807, 2.05) is 13.8 Å². The van der Waals surface area contributed by atoms with Crippen molar-refractivity contribution >= 4 is 11.6 Å². The van der Waals surface area contributed by atoms with Crippen molar-refractivity contribution in [3.05, 3.63) is 23.8 Å². The number of aromatic nitrogens is 5. The zero-order valence-corrected chi connectivity index (χ0v) is 11.0. The van der Waals surface area contributed by atoms with Crippen molar-refractivity contribution in [2.75, 3.05) is 12.3 Å². The Morgan fingerprint density at radius 1 is 1.47 bits per heavy atom. The first-order valence-corrected chi connectivity index (χ1v) is 5.98. The third-order valence-electron chi connectivity index (χ3n) is 2.87.